The minimum Gasteiger partial charge on any atom is -0.387 e. The SMILES string of the molecule is CC/C=C\C/C=C\C/C=C\C/C=C\C/C=C\CCCCCCCCCCCCCCCCCCCCCC(=O)NC(COP(=O)(O)OCC[N+](C)(C)C)C(O)/C=C/CCCCCCCCCCCCCCCCCCCCCCCCCCCCCC. The van der Waals surface area contributed by atoms with Crippen molar-refractivity contribution in [1.82, 2.24) is 5.32 Å². The van der Waals surface area contributed by atoms with E-state index < -0.39 is 20.0 Å². The predicted molar refractivity (Wildman–Crippen MR) is 383 cm³/mol. The summed E-state index contributed by atoms with van der Waals surface area (Å²) in [5.41, 5.74) is 0. The van der Waals surface area contributed by atoms with Crippen molar-refractivity contribution in [3.8, 4) is 0 Å². The number of amides is 1. The molecule has 0 radical (unpaired) electrons. The van der Waals surface area contributed by atoms with Crippen molar-refractivity contribution in [2.75, 3.05) is 40.9 Å². The zero-order valence-electron chi connectivity index (χ0n) is 58.5. The molecule has 0 aliphatic heterocycles. The Kier molecular flexibility index (Phi) is 66.7. The summed E-state index contributed by atoms with van der Waals surface area (Å²) in [5.74, 6) is -0.171. The number of carbonyl (C=O) groups excluding carboxylic acids is 1. The first-order chi connectivity index (χ1) is 42.5. The van der Waals surface area contributed by atoms with E-state index in [9.17, 15) is 19.4 Å². The van der Waals surface area contributed by atoms with Crippen LogP contribution < -0.4 is 5.32 Å². The Morgan fingerprint density at radius 1 is 0.402 bits per heavy atom. The van der Waals surface area contributed by atoms with E-state index in [4.69, 9.17) is 9.05 Å². The average Bonchev–Trinajstić information content (AvgIpc) is 3.70. The number of aliphatic hydroxyl groups excluding tert-OH is 1. The van der Waals surface area contributed by atoms with E-state index in [-0.39, 0.29) is 19.1 Å². The molecule has 9 heteroatoms. The number of allylic oxidation sites excluding steroid dienone is 11. The van der Waals surface area contributed by atoms with Gasteiger partial charge in [0.25, 0.3) is 0 Å². The third-order valence-corrected chi connectivity index (χ3v) is 18.2. The minimum atomic E-state index is -4.36. The van der Waals surface area contributed by atoms with Crippen molar-refractivity contribution in [3.63, 3.8) is 0 Å². The third-order valence-electron chi connectivity index (χ3n) is 17.2. The average molecular weight is 1240 g/mol. The number of quaternary nitrogens is 1. The summed E-state index contributed by atoms with van der Waals surface area (Å²) in [4.78, 5) is 23.5. The molecule has 0 rings (SSSR count). The van der Waals surface area contributed by atoms with E-state index in [2.05, 4.69) is 79.9 Å². The van der Waals surface area contributed by atoms with Gasteiger partial charge >= 0.3 is 7.82 Å². The van der Waals surface area contributed by atoms with Gasteiger partial charge in [0, 0.05) is 6.42 Å². The number of phosphoric ester groups is 1. The van der Waals surface area contributed by atoms with Crippen LogP contribution in [0.2, 0.25) is 0 Å². The van der Waals surface area contributed by atoms with E-state index in [1.165, 1.54) is 276 Å². The van der Waals surface area contributed by atoms with E-state index in [1.807, 2.05) is 27.2 Å². The summed E-state index contributed by atoms with van der Waals surface area (Å²) in [6.45, 7) is 4.75. The molecule has 0 aromatic rings. The first-order valence-electron chi connectivity index (χ1n) is 37.8. The van der Waals surface area contributed by atoms with Gasteiger partial charge in [-0.15, -0.1) is 0 Å². The summed E-state index contributed by atoms with van der Waals surface area (Å²) in [5, 5.41) is 14.0. The number of hydrogen-bond acceptors (Lipinski definition) is 5. The quantitative estimate of drug-likeness (QED) is 0.0243. The van der Waals surface area contributed by atoms with Crippen LogP contribution in [0.1, 0.15) is 367 Å². The monoisotopic (exact) mass is 1240 g/mol. The summed E-state index contributed by atoms with van der Waals surface area (Å²) >= 11 is 0. The van der Waals surface area contributed by atoms with Gasteiger partial charge in [-0.25, -0.2) is 4.57 Å². The number of nitrogens with zero attached hydrogens (tertiary/aromatic N) is 1. The molecule has 0 aliphatic rings. The van der Waals surface area contributed by atoms with Gasteiger partial charge in [-0.1, -0.05) is 369 Å². The van der Waals surface area contributed by atoms with Gasteiger partial charge in [-0.3, -0.25) is 13.8 Å². The van der Waals surface area contributed by atoms with E-state index in [1.54, 1.807) is 6.08 Å². The second-order valence-corrected chi connectivity index (χ2v) is 28.5. The predicted octanol–water partition coefficient (Wildman–Crippen LogP) is 24.5. The van der Waals surface area contributed by atoms with E-state index in [0.29, 0.717) is 17.4 Å². The fourth-order valence-corrected chi connectivity index (χ4v) is 12.1. The Labute approximate surface area is 542 Å². The molecule has 0 saturated heterocycles. The Hall–Kier alpha value is -2.06. The Balaban J connectivity index is 4.00. The lowest BCUT2D eigenvalue weighted by Crippen LogP contribution is -2.45. The Morgan fingerprint density at radius 2 is 0.690 bits per heavy atom. The summed E-state index contributed by atoms with van der Waals surface area (Å²) in [7, 11) is 1.59. The summed E-state index contributed by atoms with van der Waals surface area (Å²) < 4.78 is 23.9. The zero-order chi connectivity index (χ0) is 63.4. The second kappa shape index (κ2) is 68.3. The lowest BCUT2D eigenvalue weighted by molar-refractivity contribution is -0.870. The van der Waals surface area contributed by atoms with Crippen LogP contribution >= 0.6 is 7.82 Å². The molecular formula is C78H148N2O6P+. The number of likely N-dealkylation sites (N-methyl/N-ethyl adjacent to an activating group) is 1. The van der Waals surface area contributed by atoms with Crippen LogP contribution in [0, 0.1) is 0 Å². The van der Waals surface area contributed by atoms with Gasteiger partial charge in [0.2, 0.25) is 5.91 Å². The van der Waals surface area contributed by atoms with E-state index in [0.717, 1.165) is 70.6 Å². The van der Waals surface area contributed by atoms with Crippen molar-refractivity contribution in [2.45, 2.75) is 379 Å². The van der Waals surface area contributed by atoms with Crippen molar-refractivity contribution in [2.24, 2.45) is 0 Å². The number of nitrogens with one attached hydrogen (secondary N) is 1. The fraction of sp³-hybridized carbons (Fsp3) is 0.833. The summed E-state index contributed by atoms with van der Waals surface area (Å²) in [6, 6.07) is -0.850. The van der Waals surface area contributed by atoms with Crippen molar-refractivity contribution >= 4 is 13.7 Å². The molecule has 1 amide bonds. The molecule has 8 nitrogen and oxygen atoms in total. The molecule has 0 spiro atoms. The molecule has 0 heterocycles. The van der Waals surface area contributed by atoms with Crippen LogP contribution in [0.4, 0.5) is 0 Å². The van der Waals surface area contributed by atoms with Crippen molar-refractivity contribution in [1.29, 1.82) is 0 Å². The Bertz CT molecular complexity index is 1650. The molecule has 0 saturated carbocycles. The third kappa shape index (κ3) is 71.2. The molecule has 510 valence electrons. The van der Waals surface area contributed by atoms with Gasteiger partial charge in [0.15, 0.2) is 0 Å². The molecule has 0 aliphatic carbocycles. The van der Waals surface area contributed by atoms with Crippen LogP contribution in [-0.4, -0.2) is 73.4 Å². The van der Waals surface area contributed by atoms with Crippen molar-refractivity contribution in [3.05, 3.63) is 72.9 Å². The molecule has 3 unspecified atom stereocenters. The number of aliphatic hydroxyl groups is 1. The molecule has 87 heavy (non-hydrogen) atoms. The standard InChI is InChI=1S/C78H147N2O6P/c1-6-8-10-12-14-16-18-20-22-24-26-28-30-32-34-36-38-39-40-41-42-44-46-48-50-52-54-56-58-60-62-64-66-68-70-72-78(82)79-76(75-86-87(83,84)85-74-73-80(3,4)5)77(81)71-69-67-65-63-61-59-57-55-53-51-49-47-45-43-37-35-33-31-29-27-25-23-21-19-17-15-13-11-9-7-2/h8,10,14,16,20,22,26,28,32,34,69,71,76-77,81H,6-7,9,11-13,15,17-19,21,23-25,27,29-31,33,35-68,70,72-75H2,1-5H3,(H-,79,82,83,84)/p+1/b10-8-,16-14-,22-20-,28-26-,34-32-,71-69+. The molecule has 0 bridgehead atoms. The maximum absolute atomic E-state index is 13.1. The topological polar surface area (TPSA) is 105 Å². The van der Waals surface area contributed by atoms with Crippen LogP contribution in [0.25, 0.3) is 0 Å². The first-order valence-corrected chi connectivity index (χ1v) is 39.3. The maximum Gasteiger partial charge on any atom is 0.472 e. The first kappa shape index (κ1) is 84.9. The van der Waals surface area contributed by atoms with Crippen LogP contribution in [0.3, 0.4) is 0 Å². The molecule has 3 N–H and O–H groups in total. The zero-order valence-corrected chi connectivity index (χ0v) is 59.4. The molecular weight excluding hydrogens is 1090 g/mol. The molecule has 0 aromatic heterocycles. The van der Waals surface area contributed by atoms with Crippen LogP contribution in [-0.2, 0) is 18.4 Å². The van der Waals surface area contributed by atoms with Gasteiger partial charge < -0.3 is 19.8 Å². The number of unbranched alkanes of at least 4 members (excludes halogenated alkanes) is 47. The maximum atomic E-state index is 13.1. The van der Waals surface area contributed by atoms with Gasteiger partial charge in [-0.05, 0) is 64.2 Å². The van der Waals surface area contributed by atoms with Gasteiger partial charge in [0.1, 0.15) is 13.2 Å². The number of carbonyl (C=O) groups is 1. The number of phosphoric acid groups is 1. The van der Waals surface area contributed by atoms with Crippen molar-refractivity contribution < 1.29 is 32.9 Å². The number of rotatable bonds is 70. The fourth-order valence-electron chi connectivity index (χ4n) is 11.4. The van der Waals surface area contributed by atoms with Gasteiger partial charge in [-0.2, -0.15) is 0 Å². The highest BCUT2D eigenvalue weighted by atomic mass is 31.2. The van der Waals surface area contributed by atoms with Gasteiger partial charge in [0.05, 0.1) is 39.9 Å². The minimum absolute atomic E-state index is 0.0617. The largest absolute Gasteiger partial charge is 0.472 e. The smallest absolute Gasteiger partial charge is 0.387 e. The summed E-state index contributed by atoms with van der Waals surface area (Å²) in [6.07, 6.45) is 96.4. The van der Waals surface area contributed by atoms with Crippen LogP contribution in [0.15, 0.2) is 72.9 Å². The van der Waals surface area contributed by atoms with Crippen LogP contribution in [0.5, 0.6) is 0 Å². The molecule has 0 fully saturated rings. The lowest BCUT2D eigenvalue weighted by atomic mass is 10.0. The molecule has 3 atom stereocenters. The normalized spacial score (nSPS) is 14.0. The second-order valence-electron chi connectivity index (χ2n) is 27.0. The number of hydrogen-bond donors (Lipinski definition) is 3. The highest BCUT2D eigenvalue weighted by Gasteiger charge is 2.28. The van der Waals surface area contributed by atoms with E-state index >= 15 is 0 Å². The highest BCUT2D eigenvalue weighted by Crippen LogP contribution is 2.43. The highest BCUT2D eigenvalue weighted by molar-refractivity contribution is 7.47. The lowest BCUT2D eigenvalue weighted by Gasteiger charge is -2.25. The molecule has 0 aromatic carbocycles. The Morgan fingerprint density at radius 3 is 1.01 bits per heavy atom.